The minimum absolute atomic E-state index is 0.212. The summed E-state index contributed by atoms with van der Waals surface area (Å²) < 4.78 is 9.44. The van der Waals surface area contributed by atoms with Crippen LogP contribution in [0.2, 0.25) is 0 Å². The third-order valence-corrected chi connectivity index (χ3v) is 2.47. The minimum atomic E-state index is -0.505. The van der Waals surface area contributed by atoms with Crippen molar-refractivity contribution < 1.29 is 19.1 Å². The number of methoxy groups -OCH3 is 1. The Morgan fingerprint density at radius 3 is 2.63 bits per heavy atom. The molecule has 0 radical (unpaired) electrons. The molecule has 0 saturated heterocycles. The number of carbonyl (C=O) groups is 2. The van der Waals surface area contributed by atoms with Gasteiger partial charge in [-0.25, -0.2) is 4.79 Å². The van der Waals surface area contributed by atoms with Crippen molar-refractivity contribution >= 4 is 11.9 Å². The number of carbonyl (C=O) groups excluding carboxylic acids is 2. The van der Waals surface area contributed by atoms with Crippen LogP contribution in [0.4, 0.5) is 0 Å². The fourth-order valence-electron chi connectivity index (χ4n) is 1.62. The van der Waals surface area contributed by atoms with Crippen molar-refractivity contribution in [2.45, 2.75) is 19.8 Å². The van der Waals surface area contributed by atoms with Crippen molar-refractivity contribution in [3.8, 4) is 6.07 Å². The second kappa shape index (κ2) is 7.17. The zero-order chi connectivity index (χ0) is 14.3. The van der Waals surface area contributed by atoms with Crippen molar-refractivity contribution in [2.75, 3.05) is 13.7 Å². The number of hydrogen-bond acceptors (Lipinski definition) is 5. The largest absolute Gasteiger partial charge is 0.466 e. The first-order valence-corrected chi connectivity index (χ1v) is 5.88. The maximum atomic E-state index is 11.5. The normalized spacial score (nSPS) is 9.53. The maximum absolute atomic E-state index is 11.5. The summed E-state index contributed by atoms with van der Waals surface area (Å²) in [4.78, 5) is 22.7. The van der Waals surface area contributed by atoms with Gasteiger partial charge in [-0.3, -0.25) is 4.79 Å². The van der Waals surface area contributed by atoms with Gasteiger partial charge in [-0.05, 0) is 37.1 Å². The highest BCUT2D eigenvalue weighted by Crippen LogP contribution is 2.13. The molecular weight excluding hydrogens is 246 g/mol. The number of ether oxygens (including phenoxy) is 2. The summed E-state index contributed by atoms with van der Waals surface area (Å²) in [5, 5.41) is 8.91. The van der Waals surface area contributed by atoms with E-state index in [0.29, 0.717) is 24.2 Å². The molecule has 0 spiro atoms. The van der Waals surface area contributed by atoms with E-state index in [0.717, 1.165) is 5.56 Å². The summed E-state index contributed by atoms with van der Waals surface area (Å²) in [7, 11) is 1.28. The van der Waals surface area contributed by atoms with Gasteiger partial charge < -0.3 is 9.47 Å². The minimum Gasteiger partial charge on any atom is -0.466 e. The number of nitriles is 1. The molecule has 0 atom stereocenters. The smallest absolute Gasteiger partial charge is 0.337 e. The van der Waals surface area contributed by atoms with Crippen LogP contribution < -0.4 is 0 Å². The number of nitrogens with zero attached hydrogens (tertiary/aromatic N) is 1. The van der Waals surface area contributed by atoms with Crippen LogP contribution in [0.1, 0.15) is 34.8 Å². The van der Waals surface area contributed by atoms with E-state index < -0.39 is 5.97 Å². The molecule has 1 aromatic carbocycles. The molecule has 0 unspecified atom stereocenters. The molecule has 0 saturated carbocycles. The molecule has 5 heteroatoms. The average Bonchev–Trinajstić information content (AvgIpc) is 2.44. The van der Waals surface area contributed by atoms with E-state index in [4.69, 9.17) is 10.00 Å². The molecule has 0 aliphatic carbocycles. The summed E-state index contributed by atoms with van der Waals surface area (Å²) in [6.07, 6.45) is 0.627. The lowest BCUT2D eigenvalue weighted by atomic mass is 10.0. The number of aryl methyl sites for hydroxylation is 1. The lowest BCUT2D eigenvalue weighted by Crippen LogP contribution is -2.07. The molecule has 0 aliphatic rings. The van der Waals surface area contributed by atoms with E-state index in [1.165, 1.54) is 13.2 Å². The van der Waals surface area contributed by atoms with E-state index in [1.807, 2.05) is 6.07 Å². The summed E-state index contributed by atoms with van der Waals surface area (Å²) in [5.74, 6) is -0.807. The Balaban J connectivity index is 2.86. The highest BCUT2D eigenvalue weighted by Gasteiger charge is 2.10. The standard InChI is InChI=1S/C14H15NO4/c1-3-19-13(16)5-4-10-6-11(9-15)8-12(7-10)14(17)18-2/h6-8H,3-5H2,1-2H3. The summed E-state index contributed by atoms with van der Waals surface area (Å²) in [6.45, 7) is 2.08. The molecule has 1 aromatic rings. The SMILES string of the molecule is CCOC(=O)CCc1cc(C#N)cc(C(=O)OC)c1. The average molecular weight is 261 g/mol. The number of esters is 2. The van der Waals surface area contributed by atoms with Gasteiger partial charge in [0, 0.05) is 6.42 Å². The lowest BCUT2D eigenvalue weighted by molar-refractivity contribution is -0.143. The first kappa shape index (κ1) is 14.7. The van der Waals surface area contributed by atoms with Crippen LogP contribution in [0.5, 0.6) is 0 Å². The van der Waals surface area contributed by atoms with Crippen molar-refractivity contribution in [3.63, 3.8) is 0 Å². The van der Waals surface area contributed by atoms with Gasteiger partial charge in [-0.2, -0.15) is 5.26 Å². The molecule has 1 rings (SSSR count). The molecule has 0 aliphatic heterocycles. The van der Waals surface area contributed by atoms with E-state index in [-0.39, 0.29) is 12.4 Å². The van der Waals surface area contributed by atoms with Gasteiger partial charge in [0.15, 0.2) is 0 Å². The van der Waals surface area contributed by atoms with Crippen molar-refractivity contribution in [2.24, 2.45) is 0 Å². The highest BCUT2D eigenvalue weighted by molar-refractivity contribution is 5.90. The van der Waals surface area contributed by atoms with E-state index in [1.54, 1.807) is 19.1 Å². The van der Waals surface area contributed by atoms with Gasteiger partial charge in [-0.1, -0.05) is 0 Å². The molecule has 5 nitrogen and oxygen atoms in total. The molecule has 0 N–H and O–H groups in total. The zero-order valence-electron chi connectivity index (χ0n) is 10.9. The Morgan fingerprint density at radius 2 is 2.05 bits per heavy atom. The van der Waals surface area contributed by atoms with E-state index >= 15 is 0 Å². The van der Waals surface area contributed by atoms with Gasteiger partial charge in [-0.15, -0.1) is 0 Å². The predicted octanol–water partition coefficient (Wildman–Crippen LogP) is 1.84. The van der Waals surface area contributed by atoms with Crippen LogP contribution in [0, 0.1) is 11.3 Å². The van der Waals surface area contributed by atoms with Crippen molar-refractivity contribution in [1.82, 2.24) is 0 Å². The molecule has 0 heterocycles. The van der Waals surface area contributed by atoms with Gasteiger partial charge >= 0.3 is 11.9 Å². The maximum Gasteiger partial charge on any atom is 0.337 e. The quantitative estimate of drug-likeness (QED) is 0.756. The van der Waals surface area contributed by atoms with Crippen LogP contribution in [-0.4, -0.2) is 25.7 Å². The number of benzene rings is 1. The van der Waals surface area contributed by atoms with Crippen molar-refractivity contribution in [3.05, 3.63) is 34.9 Å². The fourth-order valence-corrected chi connectivity index (χ4v) is 1.62. The fraction of sp³-hybridized carbons (Fsp3) is 0.357. The first-order chi connectivity index (χ1) is 9.10. The van der Waals surface area contributed by atoms with Gasteiger partial charge in [0.2, 0.25) is 0 Å². The topological polar surface area (TPSA) is 76.4 Å². The van der Waals surface area contributed by atoms with Gasteiger partial charge in [0.1, 0.15) is 0 Å². The number of hydrogen-bond donors (Lipinski definition) is 0. The number of rotatable bonds is 5. The summed E-state index contributed by atoms with van der Waals surface area (Å²) >= 11 is 0. The van der Waals surface area contributed by atoms with Gasteiger partial charge in [0.05, 0.1) is 30.9 Å². The Hall–Kier alpha value is -2.35. The third-order valence-electron chi connectivity index (χ3n) is 2.47. The molecule has 0 aromatic heterocycles. The Bertz CT molecular complexity index is 517. The summed E-state index contributed by atoms with van der Waals surface area (Å²) in [6, 6.07) is 6.70. The molecule has 100 valence electrons. The molecular formula is C14H15NO4. The predicted molar refractivity (Wildman–Crippen MR) is 67.5 cm³/mol. The Morgan fingerprint density at radius 1 is 1.32 bits per heavy atom. The molecule has 19 heavy (non-hydrogen) atoms. The monoisotopic (exact) mass is 261 g/mol. The summed E-state index contributed by atoms with van der Waals surface area (Å²) in [5.41, 5.74) is 1.40. The zero-order valence-corrected chi connectivity index (χ0v) is 10.9. The third kappa shape index (κ3) is 4.43. The molecule has 0 fully saturated rings. The molecule has 0 bridgehead atoms. The van der Waals surface area contributed by atoms with Gasteiger partial charge in [0.25, 0.3) is 0 Å². The Labute approximate surface area is 111 Å². The second-order valence-electron chi connectivity index (χ2n) is 3.83. The second-order valence-corrected chi connectivity index (χ2v) is 3.83. The van der Waals surface area contributed by atoms with Crippen LogP contribution >= 0.6 is 0 Å². The lowest BCUT2D eigenvalue weighted by Gasteiger charge is -2.05. The van der Waals surface area contributed by atoms with Crippen molar-refractivity contribution in [1.29, 1.82) is 5.26 Å². The van der Waals surface area contributed by atoms with Crippen LogP contribution in [-0.2, 0) is 20.7 Å². The highest BCUT2D eigenvalue weighted by atomic mass is 16.5. The van der Waals surface area contributed by atoms with Crippen LogP contribution in [0.3, 0.4) is 0 Å². The van der Waals surface area contributed by atoms with Crippen LogP contribution in [0.25, 0.3) is 0 Å². The molecule has 0 amide bonds. The first-order valence-electron chi connectivity index (χ1n) is 5.88. The van der Waals surface area contributed by atoms with E-state index in [2.05, 4.69) is 4.74 Å². The van der Waals surface area contributed by atoms with E-state index in [9.17, 15) is 9.59 Å². The van der Waals surface area contributed by atoms with Crippen LogP contribution in [0.15, 0.2) is 18.2 Å². The Kier molecular flexibility index (Phi) is 5.55.